The van der Waals surface area contributed by atoms with Gasteiger partial charge in [-0.3, -0.25) is 14.4 Å². The molecule has 1 unspecified atom stereocenters. The smallest absolute Gasteiger partial charge is 0.412 e. The highest BCUT2D eigenvalue weighted by atomic mass is 19.2. The van der Waals surface area contributed by atoms with E-state index in [-0.39, 0.29) is 61.2 Å². The Kier molecular flexibility index (Phi) is 9.40. The maximum atomic E-state index is 15.4. The summed E-state index contributed by atoms with van der Waals surface area (Å²) in [6.45, 7) is 1.07. The minimum Gasteiger partial charge on any atom is -0.487 e. The van der Waals surface area contributed by atoms with Crippen LogP contribution in [0.2, 0.25) is 0 Å². The van der Waals surface area contributed by atoms with Gasteiger partial charge < -0.3 is 38.4 Å². The molecule has 0 saturated carbocycles. The van der Waals surface area contributed by atoms with E-state index in [1.807, 2.05) is 0 Å². The number of pyridine rings is 1. The van der Waals surface area contributed by atoms with Crippen LogP contribution < -0.4 is 19.8 Å². The highest BCUT2D eigenvalue weighted by Gasteiger charge is 2.33. The van der Waals surface area contributed by atoms with Crippen molar-refractivity contribution in [3.8, 4) is 11.5 Å². The number of halogens is 6. The summed E-state index contributed by atoms with van der Waals surface area (Å²) in [6, 6.07) is 0.591. The van der Waals surface area contributed by atoms with Crippen molar-refractivity contribution in [3.63, 3.8) is 0 Å². The number of aromatic nitrogens is 1. The molecule has 0 spiro atoms. The lowest BCUT2D eigenvalue weighted by molar-refractivity contribution is -0.154. The number of carbonyl (C=O) groups is 4. The first-order valence-electron chi connectivity index (χ1n) is 14.0. The summed E-state index contributed by atoms with van der Waals surface area (Å²) in [4.78, 5) is 63.4. The van der Waals surface area contributed by atoms with Crippen LogP contribution in [0.1, 0.15) is 36.2 Å². The van der Waals surface area contributed by atoms with E-state index in [1.165, 1.54) is 11.1 Å². The van der Waals surface area contributed by atoms with E-state index >= 15 is 4.39 Å². The van der Waals surface area contributed by atoms with E-state index in [9.17, 15) is 51.0 Å². The largest absolute Gasteiger partial charge is 0.487 e. The number of benzene rings is 2. The second-order valence-electron chi connectivity index (χ2n) is 10.6. The van der Waals surface area contributed by atoms with Crippen LogP contribution in [0.15, 0.2) is 17.1 Å². The Balaban J connectivity index is 1.13. The molecule has 13 nitrogen and oxygen atoms in total. The number of aromatic carboxylic acids is 1. The van der Waals surface area contributed by atoms with Crippen LogP contribution in [0.25, 0.3) is 10.9 Å². The van der Waals surface area contributed by atoms with Crippen molar-refractivity contribution >= 4 is 40.6 Å². The lowest BCUT2D eigenvalue weighted by atomic mass is 10.1. The average molecular weight is 688 g/mol. The molecule has 3 heterocycles. The molecule has 1 saturated heterocycles. The molecule has 2 aromatic carbocycles. The van der Waals surface area contributed by atoms with Gasteiger partial charge in [-0.1, -0.05) is 0 Å². The molecule has 0 radical (unpaired) electrons. The van der Waals surface area contributed by atoms with Crippen LogP contribution in [0.5, 0.6) is 11.5 Å². The van der Waals surface area contributed by atoms with Crippen molar-refractivity contribution in [2.45, 2.75) is 25.8 Å². The molecule has 1 amide bonds. The van der Waals surface area contributed by atoms with Gasteiger partial charge in [-0.2, -0.15) is 8.78 Å². The van der Waals surface area contributed by atoms with Gasteiger partial charge in [-0.15, -0.1) is 0 Å². The number of nitrogens with zero attached hydrogens (tertiary/aromatic N) is 3. The third-order valence-corrected chi connectivity index (χ3v) is 7.55. The van der Waals surface area contributed by atoms with Gasteiger partial charge in [0.15, 0.2) is 11.6 Å². The first-order valence-corrected chi connectivity index (χ1v) is 14.0. The van der Waals surface area contributed by atoms with Gasteiger partial charge >= 0.3 is 24.0 Å². The molecule has 48 heavy (non-hydrogen) atoms. The number of amides is 1. The normalized spacial score (nSPS) is 15.6. The second kappa shape index (κ2) is 13.3. The van der Waals surface area contributed by atoms with Gasteiger partial charge in [0.05, 0.1) is 29.8 Å². The summed E-state index contributed by atoms with van der Waals surface area (Å²) in [6.07, 6.45) is -1.38. The predicted octanol–water partition coefficient (Wildman–Crippen LogP) is 3.63. The summed E-state index contributed by atoms with van der Waals surface area (Å²) in [7, 11) is 0. The number of rotatable bonds is 8. The first-order chi connectivity index (χ1) is 22.7. The maximum absolute atomic E-state index is 15.4. The first kappa shape index (κ1) is 33.9. The molecule has 1 N–H and O–H groups in total. The van der Waals surface area contributed by atoms with Crippen LogP contribution >= 0.6 is 0 Å². The van der Waals surface area contributed by atoms with Crippen LogP contribution in [-0.2, 0) is 19.1 Å². The number of anilines is 1. The topological polar surface area (TPSA) is 154 Å². The number of ether oxygens (including phenoxy) is 4. The third kappa shape index (κ3) is 6.26. The average Bonchev–Trinajstić information content (AvgIpc) is 3.06. The number of esters is 2. The maximum Gasteiger partial charge on any atom is 0.412 e. The third-order valence-electron chi connectivity index (χ3n) is 7.55. The molecule has 2 aliphatic heterocycles. The Morgan fingerprint density at radius 3 is 2.12 bits per heavy atom. The molecular weight excluding hydrogens is 664 g/mol. The van der Waals surface area contributed by atoms with Gasteiger partial charge in [-0.05, 0) is 13.0 Å². The summed E-state index contributed by atoms with van der Waals surface area (Å²) in [5.74, 6) is -18.6. The Hall–Kier alpha value is -5.49. The zero-order valence-corrected chi connectivity index (χ0v) is 24.6. The molecular formula is C29H23F6N3O10. The molecule has 0 bridgehead atoms. The second-order valence-corrected chi connectivity index (χ2v) is 10.6. The van der Waals surface area contributed by atoms with Crippen molar-refractivity contribution < 1.29 is 69.6 Å². The quantitative estimate of drug-likeness (QED) is 0.0923. The van der Waals surface area contributed by atoms with Crippen LogP contribution in [0, 0.1) is 34.9 Å². The van der Waals surface area contributed by atoms with Crippen LogP contribution in [-0.4, -0.2) is 78.2 Å². The number of hydrogen-bond donors (Lipinski definition) is 1. The molecule has 1 atom stereocenters. The summed E-state index contributed by atoms with van der Waals surface area (Å²) >= 11 is 0. The van der Waals surface area contributed by atoms with Gasteiger partial charge in [-0.25, -0.2) is 27.2 Å². The van der Waals surface area contributed by atoms with Gasteiger partial charge in [0.1, 0.15) is 17.9 Å². The molecule has 0 aliphatic carbocycles. The van der Waals surface area contributed by atoms with E-state index in [0.29, 0.717) is 0 Å². The minimum absolute atomic E-state index is 0.00832. The number of piperazine rings is 1. The Morgan fingerprint density at radius 1 is 0.896 bits per heavy atom. The standard InChI is InChI=1S/C29H23F6N3O10/c1-12-10-45-27-23-13(25(41)14(28(42)43)9-38(12)23)8-15(30)24(27)36-4-6-37(7-5-36)29(44)47-11-46-16(39)2-3-17(40)48-26-21(34)19(32)18(31)20(33)22(26)35/h8-9,12H,2-7,10-11H2,1H3,(H,42,43). The lowest BCUT2D eigenvalue weighted by Gasteiger charge is -2.37. The van der Waals surface area contributed by atoms with E-state index in [2.05, 4.69) is 9.47 Å². The molecule has 1 fully saturated rings. The highest BCUT2D eigenvalue weighted by Crippen LogP contribution is 2.42. The number of hydrogen-bond acceptors (Lipinski definition) is 10. The SMILES string of the molecule is CC1COc2c(N3CCN(C(=O)OCOC(=O)CCC(=O)Oc4c(F)c(F)c(F)c(F)c4F)CC3)c(F)cc3c(=O)c(C(=O)O)cn1c23. The molecule has 5 rings (SSSR count). The van der Waals surface area contributed by atoms with Crippen LogP contribution in [0.4, 0.5) is 36.8 Å². The summed E-state index contributed by atoms with van der Waals surface area (Å²) in [5.41, 5.74) is -1.13. The Labute approximate surface area is 264 Å². The van der Waals surface area contributed by atoms with Crippen molar-refractivity contribution in [2.24, 2.45) is 0 Å². The van der Waals surface area contributed by atoms with Crippen molar-refractivity contribution in [1.29, 1.82) is 0 Å². The van der Waals surface area contributed by atoms with Crippen LogP contribution in [0.3, 0.4) is 0 Å². The lowest BCUT2D eigenvalue weighted by Crippen LogP contribution is -2.49. The minimum atomic E-state index is -2.45. The Morgan fingerprint density at radius 2 is 1.50 bits per heavy atom. The molecule has 1 aromatic heterocycles. The highest BCUT2D eigenvalue weighted by molar-refractivity contribution is 5.97. The molecule has 2 aliphatic rings. The fourth-order valence-electron chi connectivity index (χ4n) is 5.12. The fraction of sp³-hybridized carbons (Fsp3) is 0.345. The monoisotopic (exact) mass is 687 g/mol. The van der Waals surface area contributed by atoms with E-state index in [0.717, 1.165) is 6.07 Å². The van der Waals surface area contributed by atoms with E-state index in [4.69, 9.17) is 9.47 Å². The number of carbonyl (C=O) groups excluding carboxylic acids is 3. The van der Waals surface area contributed by atoms with Gasteiger partial charge in [0.2, 0.25) is 47.1 Å². The predicted molar refractivity (Wildman–Crippen MR) is 148 cm³/mol. The zero-order chi connectivity index (χ0) is 35.0. The van der Waals surface area contributed by atoms with E-state index in [1.54, 1.807) is 16.4 Å². The van der Waals surface area contributed by atoms with Gasteiger partial charge in [0.25, 0.3) is 0 Å². The summed E-state index contributed by atoms with van der Waals surface area (Å²) in [5, 5.41) is 9.28. The fourth-order valence-corrected chi connectivity index (χ4v) is 5.12. The number of carboxylic acids is 1. The Bertz CT molecular complexity index is 1880. The molecule has 256 valence electrons. The van der Waals surface area contributed by atoms with Crippen molar-refractivity contribution in [2.75, 3.05) is 44.5 Å². The molecule has 3 aromatic rings. The van der Waals surface area contributed by atoms with Crippen molar-refractivity contribution in [3.05, 3.63) is 63.0 Å². The summed E-state index contributed by atoms with van der Waals surface area (Å²) < 4.78 is 103. The van der Waals surface area contributed by atoms with E-state index < -0.39 is 95.3 Å². The van der Waals surface area contributed by atoms with Crippen molar-refractivity contribution in [1.82, 2.24) is 9.47 Å². The number of carboxylic acid groups (broad SMARTS) is 1. The van der Waals surface area contributed by atoms with Gasteiger partial charge in [0, 0.05) is 32.4 Å². The molecule has 19 heteroatoms. The zero-order valence-electron chi connectivity index (χ0n) is 24.6.